The fraction of sp³-hybridized carbons (Fsp3) is 0.250. The molecule has 1 aliphatic heterocycles. The summed E-state index contributed by atoms with van der Waals surface area (Å²) in [5, 5.41) is 1.22. The Morgan fingerprint density at radius 2 is 1.88 bits per heavy atom. The van der Waals surface area contributed by atoms with Crippen molar-refractivity contribution in [1.29, 1.82) is 0 Å². The molecule has 1 fully saturated rings. The van der Waals surface area contributed by atoms with Gasteiger partial charge >= 0.3 is 0 Å². The van der Waals surface area contributed by atoms with Gasteiger partial charge in [-0.1, -0.05) is 40.2 Å². The van der Waals surface area contributed by atoms with Gasteiger partial charge in [0.15, 0.2) is 0 Å². The highest BCUT2D eigenvalue weighted by Gasteiger charge is 2.17. The Hall–Kier alpha value is -1.91. The van der Waals surface area contributed by atoms with Crippen molar-refractivity contribution in [3.63, 3.8) is 0 Å². The molecule has 1 radical (unpaired) electrons. The molecule has 0 spiro atoms. The van der Waals surface area contributed by atoms with Crippen molar-refractivity contribution in [2.45, 2.75) is 6.54 Å². The minimum atomic E-state index is 0.970. The van der Waals surface area contributed by atoms with E-state index in [1.807, 2.05) is 18.3 Å². The van der Waals surface area contributed by atoms with Crippen LogP contribution in [0.5, 0.6) is 0 Å². The first-order valence-corrected chi connectivity index (χ1v) is 9.05. The standard InChI is InChI=1S/C20H19BrN3/c21-18-5-3-6-19(13-18)24-10-8-23(9-11-24)15-16-12-17-4-1-2-7-20(17)22-14-16/h1-4,6-7,12-14H,8-11,15H2. The minimum absolute atomic E-state index is 0.970. The maximum Gasteiger partial charge on any atom is 0.0702 e. The van der Waals surface area contributed by atoms with Gasteiger partial charge in [-0.2, -0.15) is 0 Å². The summed E-state index contributed by atoms with van der Waals surface area (Å²) in [6, 6.07) is 20.0. The Bertz CT molecular complexity index is 841. The van der Waals surface area contributed by atoms with E-state index in [0.717, 1.165) is 42.7 Å². The summed E-state index contributed by atoms with van der Waals surface area (Å²) in [6.07, 6.45) is 2.01. The van der Waals surface area contributed by atoms with Gasteiger partial charge in [0.2, 0.25) is 0 Å². The first-order chi connectivity index (χ1) is 11.8. The lowest BCUT2D eigenvalue weighted by atomic mass is 10.1. The van der Waals surface area contributed by atoms with Crippen molar-refractivity contribution in [2.75, 3.05) is 31.1 Å². The average Bonchev–Trinajstić information content (AvgIpc) is 2.62. The van der Waals surface area contributed by atoms with Gasteiger partial charge in [-0.05, 0) is 35.9 Å². The molecular weight excluding hydrogens is 362 g/mol. The lowest BCUT2D eigenvalue weighted by Crippen LogP contribution is -2.45. The number of hydrogen-bond acceptors (Lipinski definition) is 3. The molecule has 0 N–H and O–H groups in total. The fourth-order valence-corrected chi connectivity index (χ4v) is 3.62. The van der Waals surface area contributed by atoms with Crippen LogP contribution in [-0.4, -0.2) is 36.1 Å². The highest BCUT2D eigenvalue weighted by atomic mass is 79.9. The fourth-order valence-electron chi connectivity index (χ4n) is 3.25. The number of aromatic nitrogens is 1. The highest BCUT2D eigenvalue weighted by Crippen LogP contribution is 2.21. The van der Waals surface area contributed by atoms with Crippen LogP contribution in [0.3, 0.4) is 0 Å². The van der Waals surface area contributed by atoms with E-state index in [0.29, 0.717) is 0 Å². The lowest BCUT2D eigenvalue weighted by molar-refractivity contribution is 0.249. The molecule has 0 amide bonds. The Balaban J connectivity index is 1.40. The second-order valence-electron chi connectivity index (χ2n) is 6.19. The summed E-state index contributed by atoms with van der Waals surface area (Å²) in [6.45, 7) is 5.22. The quantitative estimate of drug-likeness (QED) is 0.681. The number of piperazine rings is 1. The van der Waals surface area contributed by atoms with Crippen molar-refractivity contribution in [3.05, 3.63) is 70.8 Å². The molecule has 1 saturated heterocycles. The number of nitrogens with zero attached hydrogens (tertiary/aromatic N) is 3. The second kappa shape index (κ2) is 6.91. The van der Waals surface area contributed by atoms with Gasteiger partial charge in [-0.25, -0.2) is 0 Å². The predicted molar refractivity (Wildman–Crippen MR) is 102 cm³/mol. The SMILES string of the molecule is Brc1[c]ccc(N2CCN(Cc3cnc4ccccc4c3)CC2)c1. The summed E-state index contributed by atoms with van der Waals surface area (Å²) < 4.78 is 1.02. The summed E-state index contributed by atoms with van der Waals surface area (Å²) in [4.78, 5) is 9.52. The van der Waals surface area contributed by atoms with E-state index >= 15 is 0 Å². The first-order valence-electron chi connectivity index (χ1n) is 8.26. The minimum Gasteiger partial charge on any atom is -0.369 e. The number of anilines is 1. The van der Waals surface area contributed by atoms with Crippen LogP contribution in [0, 0.1) is 6.07 Å². The van der Waals surface area contributed by atoms with Crippen LogP contribution in [0.2, 0.25) is 0 Å². The molecule has 0 atom stereocenters. The van der Waals surface area contributed by atoms with Gasteiger partial charge in [-0.15, -0.1) is 0 Å². The number of fused-ring (bicyclic) bond motifs is 1. The third kappa shape index (κ3) is 3.45. The van der Waals surface area contributed by atoms with Crippen LogP contribution in [0.4, 0.5) is 5.69 Å². The van der Waals surface area contributed by atoms with Crippen molar-refractivity contribution in [3.8, 4) is 0 Å². The van der Waals surface area contributed by atoms with E-state index in [2.05, 4.69) is 73.2 Å². The molecule has 2 heterocycles. The predicted octanol–water partition coefficient (Wildman–Crippen LogP) is 4.12. The number of halogens is 1. The van der Waals surface area contributed by atoms with Crippen LogP contribution in [0.1, 0.15) is 5.56 Å². The van der Waals surface area contributed by atoms with E-state index in [9.17, 15) is 0 Å². The molecule has 4 rings (SSSR count). The molecule has 4 heteroatoms. The highest BCUT2D eigenvalue weighted by molar-refractivity contribution is 9.10. The van der Waals surface area contributed by atoms with Gasteiger partial charge < -0.3 is 4.90 Å². The molecular formula is C20H19BrN3. The summed E-state index contributed by atoms with van der Waals surface area (Å²) in [5.74, 6) is 0. The van der Waals surface area contributed by atoms with Crippen LogP contribution in [-0.2, 0) is 6.54 Å². The van der Waals surface area contributed by atoms with Crippen molar-refractivity contribution < 1.29 is 0 Å². The Morgan fingerprint density at radius 1 is 1.04 bits per heavy atom. The number of para-hydroxylation sites is 1. The van der Waals surface area contributed by atoms with Crippen LogP contribution >= 0.6 is 15.9 Å². The average molecular weight is 381 g/mol. The largest absolute Gasteiger partial charge is 0.369 e. The van der Waals surface area contributed by atoms with Gasteiger partial charge in [0, 0.05) is 54.5 Å². The number of benzene rings is 2. The van der Waals surface area contributed by atoms with Gasteiger partial charge in [0.1, 0.15) is 0 Å². The maximum atomic E-state index is 4.57. The van der Waals surface area contributed by atoms with Crippen molar-refractivity contribution in [1.82, 2.24) is 9.88 Å². The monoisotopic (exact) mass is 380 g/mol. The number of pyridine rings is 1. The molecule has 0 unspecified atom stereocenters. The number of rotatable bonds is 3. The van der Waals surface area contributed by atoms with E-state index in [1.165, 1.54) is 16.6 Å². The molecule has 3 nitrogen and oxygen atoms in total. The Labute approximate surface area is 151 Å². The van der Waals surface area contributed by atoms with E-state index < -0.39 is 0 Å². The summed E-state index contributed by atoms with van der Waals surface area (Å²) in [7, 11) is 0. The molecule has 0 saturated carbocycles. The molecule has 1 aliphatic rings. The van der Waals surface area contributed by atoms with Gasteiger partial charge in [-0.3, -0.25) is 9.88 Å². The van der Waals surface area contributed by atoms with E-state index in [4.69, 9.17) is 0 Å². The molecule has 1 aromatic heterocycles. The molecule has 24 heavy (non-hydrogen) atoms. The lowest BCUT2D eigenvalue weighted by Gasteiger charge is -2.36. The van der Waals surface area contributed by atoms with E-state index in [1.54, 1.807) is 0 Å². The van der Waals surface area contributed by atoms with Crippen LogP contribution in [0.15, 0.2) is 59.2 Å². The third-order valence-electron chi connectivity index (χ3n) is 4.54. The molecule has 3 aromatic rings. The van der Waals surface area contributed by atoms with Crippen molar-refractivity contribution >= 4 is 32.5 Å². The molecule has 0 aliphatic carbocycles. The molecule has 121 valence electrons. The zero-order chi connectivity index (χ0) is 16.4. The zero-order valence-electron chi connectivity index (χ0n) is 13.5. The van der Waals surface area contributed by atoms with E-state index in [-0.39, 0.29) is 0 Å². The van der Waals surface area contributed by atoms with Gasteiger partial charge in [0.25, 0.3) is 0 Å². The van der Waals surface area contributed by atoms with Gasteiger partial charge in [0.05, 0.1) is 5.52 Å². The summed E-state index contributed by atoms with van der Waals surface area (Å²) in [5.41, 5.74) is 3.63. The smallest absolute Gasteiger partial charge is 0.0702 e. The normalized spacial score (nSPS) is 15.8. The Kier molecular flexibility index (Phi) is 4.50. The molecule has 0 bridgehead atoms. The zero-order valence-corrected chi connectivity index (χ0v) is 15.0. The number of hydrogen-bond donors (Lipinski definition) is 0. The topological polar surface area (TPSA) is 19.4 Å². The molecule has 2 aromatic carbocycles. The second-order valence-corrected chi connectivity index (χ2v) is 7.05. The van der Waals surface area contributed by atoms with Crippen molar-refractivity contribution in [2.24, 2.45) is 0 Å². The first kappa shape index (κ1) is 15.6. The van der Waals surface area contributed by atoms with Crippen LogP contribution in [0.25, 0.3) is 10.9 Å². The Morgan fingerprint density at radius 3 is 2.71 bits per heavy atom. The van der Waals surface area contributed by atoms with Crippen LogP contribution < -0.4 is 4.90 Å². The third-order valence-corrected chi connectivity index (χ3v) is 5.00. The maximum absolute atomic E-state index is 4.57. The summed E-state index contributed by atoms with van der Waals surface area (Å²) >= 11 is 3.50.